The molecule has 1 aromatic heterocycles. The maximum absolute atomic E-state index is 12.2. The van der Waals surface area contributed by atoms with E-state index in [-0.39, 0.29) is 11.4 Å². The summed E-state index contributed by atoms with van der Waals surface area (Å²) in [5.41, 5.74) is 7.15. The Morgan fingerprint density at radius 3 is 2.52 bits per heavy atom. The molecule has 0 amide bonds. The molecule has 2 aromatic rings. The average molecular weight is 306 g/mol. The van der Waals surface area contributed by atoms with Gasteiger partial charge in [0.1, 0.15) is 6.33 Å². The molecule has 0 saturated heterocycles. The number of benzene rings is 1. The zero-order valence-corrected chi connectivity index (χ0v) is 12.4. The molecule has 6 nitrogen and oxygen atoms in total. The number of aryl methyl sites for hydroxylation is 1. The van der Waals surface area contributed by atoms with E-state index in [2.05, 4.69) is 14.7 Å². The Morgan fingerprint density at radius 1 is 1.14 bits per heavy atom. The second kappa shape index (κ2) is 7.26. The van der Waals surface area contributed by atoms with Crippen LogP contribution in [0.15, 0.2) is 47.8 Å². The summed E-state index contributed by atoms with van der Waals surface area (Å²) < 4.78 is 26.8. The summed E-state index contributed by atoms with van der Waals surface area (Å²) in [4.78, 5) is 8.00. The number of sulfonamides is 1. The molecule has 0 saturated carbocycles. The van der Waals surface area contributed by atoms with Crippen molar-refractivity contribution < 1.29 is 8.42 Å². The van der Waals surface area contributed by atoms with Crippen LogP contribution in [0.1, 0.15) is 17.7 Å². The highest BCUT2D eigenvalue weighted by Gasteiger charge is 2.13. The van der Waals surface area contributed by atoms with E-state index in [1.165, 1.54) is 6.33 Å². The van der Waals surface area contributed by atoms with Gasteiger partial charge in [0.2, 0.25) is 10.0 Å². The van der Waals surface area contributed by atoms with E-state index in [0.29, 0.717) is 12.2 Å². The first-order valence-electron chi connectivity index (χ1n) is 6.65. The molecule has 0 unspecified atom stereocenters. The van der Waals surface area contributed by atoms with Crippen molar-refractivity contribution in [2.75, 3.05) is 6.54 Å². The number of aromatic nitrogens is 2. The van der Waals surface area contributed by atoms with Crippen LogP contribution >= 0.6 is 0 Å². The van der Waals surface area contributed by atoms with E-state index >= 15 is 0 Å². The Kier molecular flexibility index (Phi) is 5.38. The lowest BCUT2D eigenvalue weighted by Crippen LogP contribution is -2.23. The first-order valence-corrected chi connectivity index (χ1v) is 8.14. The fourth-order valence-electron chi connectivity index (χ4n) is 1.82. The molecule has 1 heterocycles. The second-order valence-electron chi connectivity index (χ2n) is 4.56. The average Bonchev–Trinajstić information content (AvgIpc) is 2.52. The lowest BCUT2D eigenvalue weighted by molar-refractivity contribution is 0.580. The van der Waals surface area contributed by atoms with Gasteiger partial charge in [0.15, 0.2) is 0 Å². The van der Waals surface area contributed by atoms with Crippen LogP contribution < -0.4 is 10.5 Å². The smallest absolute Gasteiger partial charge is 0.240 e. The molecule has 1 aromatic carbocycles. The highest BCUT2D eigenvalue weighted by atomic mass is 32.2. The molecule has 0 aliphatic carbocycles. The summed E-state index contributed by atoms with van der Waals surface area (Å²) in [6, 6.07) is 8.50. The number of nitrogens with zero attached hydrogens (tertiary/aromatic N) is 2. The lowest BCUT2D eigenvalue weighted by atomic mass is 10.1. The fourth-order valence-corrected chi connectivity index (χ4v) is 2.82. The zero-order valence-electron chi connectivity index (χ0n) is 11.6. The molecule has 0 aliphatic rings. The van der Waals surface area contributed by atoms with E-state index < -0.39 is 10.0 Å². The molecule has 3 N–H and O–H groups in total. The Balaban J connectivity index is 2.02. The summed E-state index contributed by atoms with van der Waals surface area (Å²) in [5.74, 6) is 0. The van der Waals surface area contributed by atoms with Gasteiger partial charge in [-0.15, -0.1) is 0 Å². The molecule has 2 rings (SSSR count). The molecule has 0 fully saturated rings. The van der Waals surface area contributed by atoms with E-state index in [1.807, 2.05) is 12.1 Å². The van der Waals surface area contributed by atoms with Gasteiger partial charge in [-0.2, -0.15) is 0 Å². The van der Waals surface area contributed by atoms with E-state index in [9.17, 15) is 8.42 Å². The van der Waals surface area contributed by atoms with Gasteiger partial charge in [-0.05, 0) is 43.1 Å². The van der Waals surface area contributed by atoms with Crippen LogP contribution in [0.4, 0.5) is 0 Å². The Bertz CT molecular complexity index is 657. The number of rotatable bonds is 7. The van der Waals surface area contributed by atoms with Gasteiger partial charge in [-0.3, -0.25) is 0 Å². The third kappa shape index (κ3) is 4.59. The zero-order chi connectivity index (χ0) is 15.1. The van der Waals surface area contributed by atoms with Crippen molar-refractivity contribution in [3.8, 4) is 0 Å². The van der Waals surface area contributed by atoms with Gasteiger partial charge >= 0.3 is 0 Å². The molecule has 21 heavy (non-hydrogen) atoms. The standard InChI is InChI=1S/C14H18N4O2S/c15-8-1-2-12-3-5-14(6-4-12)21(19,20)18-10-13-7-9-16-11-17-13/h3-7,9,11,18H,1-2,8,10,15H2. The van der Waals surface area contributed by atoms with Crippen molar-refractivity contribution in [2.24, 2.45) is 5.73 Å². The third-order valence-corrected chi connectivity index (χ3v) is 4.41. The Morgan fingerprint density at radius 2 is 1.90 bits per heavy atom. The van der Waals surface area contributed by atoms with Gasteiger partial charge in [-0.1, -0.05) is 12.1 Å². The molecule has 0 bridgehead atoms. The minimum atomic E-state index is -3.53. The summed E-state index contributed by atoms with van der Waals surface area (Å²) in [5, 5.41) is 0. The second-order valence-corrected chi connectivity index (χ2v) is 6.33. The first kappa shape index (κ1) is 15.6. The van der Waals surface area contributed by atoms with Gasteiger partial charge in [0.25, 0.3) is 0 Å². The van der Waals surface area contributed by atoms with Crippen LogP contribution in [0.2, 0.25) is 0 Å². The molecule has 7 heteroatoms. The monoisotopic (exact) mass is 306 g/mol. The number of nitrogens with two attached hydrogens (primary N) is 1. The van der Waals surface area contributed by atoms with E-state index in [1.54, 1.807) is 24.4 Å². The van der Waals surface area contributed by atoms with Gasteiger partial charge < -0.3 is 5.73 Å². The van der Waals surface area contributed by atoms with Crippen LogP contribution in [0.25, 0.3) is 0 Å². The van der Waals surface area contributed by atoms with Crippen molar-refractivity contribution in [3.63, 3.8) is 0 Å². The quantitative estimate of drug-likeness (QED) is 0.790. The van der Waals surface area contributed by atoms with Crippen LogP contribution in [-0.4, -0.2) is 24.9 Å². The Labute approximate surface area is 124 Å². The SMILES string of the molecule is NCCCc1ccc(S(=O)(=O)NCc2ccncn2)cc1. The van der Waals surface area contributed by atoms with Crippen molar-refractivity contribution in [3.05, 3.63) is 54.1 Å². The van der Waals surface area contributed by atoms with Crippen molar-refractivity contribution in [1.82, 2.24) is 14.7 Å². The van der Waals surface area contributed by atoms with Crippen molar-refractivity contribution in [2.45, 2.75) is 24.3 Å². The van der Waals surface area contributed by atoms with Crippen molar-refractivity contribution >= 4 is 10.0 Å². The van der Waals surface area contributed by atoms with Gasteiger partial charge in [-0.25, -0.2) is 23.1 Å². The maximum Gasteiger partial charge on any atom is 0.240 e. The van der Waals surface area contributed by atoms with Crippen molar-refractivity contribution in [1.29, 1.82) is 0 Å². The molecular formula is C14H18N4O2S. The first-order chi connectivity index (χ1) is 10.1. The summed E-state index contributed by atoms with van der Waals surface area (Å²) in [7, 11) is -3.53. The summed E-state index contributed by atoms with van der Waals surface area (Å²) in [6.45, 7) is 0.764. The van der Waals surface area contributed by atoms with E-state index in [4.69, 9.17) is 5.73 Å². The normalized spacial score (nSPS) is 11.5. The van der Waals surface area contributed by atoms with Crippen LogP contribution in [0.3, 0.4) is 0 Å². The molecule has 0 atom stereocenters. The highest BCUT2D eigenvalue weighted by Crippen LogP contribution is 2.12. The lowest BCUT2D eigenvalue weighted by Gasteiger charge is -2.07. The van der Waals surface area contributed by atoms with Crippen LogP contribution in [0, 0.1) is 0 Å². The molecule has 0 aliphatic heterocycles. The Hall–Kier alpha value is -1.83. The topological polar surface area (TPSA) is 98.0 Å². The summed E-state index contributed by atoms with van der Waals surface area (Å²) in [6.07, 6.45) is 4.70. The number of nitrogens with one attached hydrogen (secondary N) is 1. The van der Waals surface area contributed by atoms with Crippen LogP contribution in [0.5, 0.6) is 0 Å². The van der Waals surface area contributed by atoms with Crippen LogP contribution in [-0.2, 0) is 23.0 Å². The highest BCUT2D eigenvalue weighted by molar-refractivity contribution is 7.89. The molecular weight excluding hydrogens is 288 g/mol. The van der Waals surface area contributed by atoms with Gasteiger partial charge in [0.05, 0.1) is 17.1 Å². The predicted octanol–water partition coefficient (Wildman–Crippen LogP) is 0.846. The fraction of sp³-hybridized carbons (Fsp3) is 0.286. The minimum Gasteiger partial charge on any atom is -0.330 e. The van der Waals surface area contributed by atoms with Gasteiger partial charge in [0, 0.05) is 6.20 Å². The number of hydrogen-bond donors (Lipinski definition) is 2. The molecule has 0 spiro atoms. The molecule has 0 radical (unpaired) electrons. The largest absolute Gasteiger partial charge is 0.330 e. The number of hydrogen-bond acceptors (Lipinski definition) is 5. The van der Waals surface area contributed by atoms with E-state index in [0.717, 1.165) is 18.4 Å². The third-order valence-electron chi connectivity index (χ3n) is 2.99. The summed E-state index contributed by atoms with van der Waals surface area (Å²) >= 11 is 0. The predicted molar refractivity (Wildman–Crippen MR) is 79.9 cm³/mol. The molecule has 112 valence electrons. The minimum absolute atomic E-state index is 0.139. The maximum atomic E-state index is 12.2.